The second-order valence-electron chi connectivity index (χ2n) is 4.32. The lowest BCUT2D eigenvalue weighted by molar-refractivity contribution is 0.269. The van der Waals surface area contributed by atoms with E-state index in [1.54, 1.807) is 4.57 Å². The average molecular weight is 283 g/mol. The molecule has 0 aliphatic heterocycles. The van der Waals surface area contributed by atoms with E-state index in [0.29, 0.717) is 10.6 Å². The third kappa shape index (κ3) is 2.17. The number of nitrogens with one attached hydrogen (secondary N) is 1. The molecule has 0 amide bonds. The molecule has 100 valence electrons. The predicted octanol–water partition coefficient (Wildman–Crippen LogP) is 3.09. The normalized spacial score (nSPS) is 10.7. The summed E-state index contributed by atoms with van der Waals surface area (Å²) in [7, 11) is 0. The van der Waals surface area contributed by atoms with Gasteiger partial charge in [0.15, 0.2) is 10.6 Å². The molecule has 0 unspecified atom stereocenters. The zero-order valence-corrected chi connectivity index (χ0v) is 11.5. The number of aliphatic hydroxyl groups excluding tert-OH is 1. The Morgan fingerprint density at radius 3 is 2.50 bits per heavy atom. The fourth-order valence-corrected chi connectivity index (χ4v) is 2.46. The number of aromatic amines is 1. The molecule has 20 heavy (non-hydrogen) atoms. The van der Waals surface area contributed by atoms with Crippen LogP contribution in [0, 0.1) is 4.77 Å². The van der Waals surface area contributed by atoms with Gasteiger partial charge in [-0.2, -0.15) is 5.10 Å². The highest BCUT2D eigenvalue weighted by Crippen LogP contribution is 2.27. The number of hydrogen-bond donors (Lipinski definition) is 2. The van der Waals surface area contributed by atoms with E-state index in [1.165, 1.54) is 0 Å². The first kappa shape index (κ1) is 12.8. The molecule has 0 radical (unpaired) electrons. The average Bonchev–Trinajstić information content (AvgIpc) is 2.89. The van der Waals surface area contributed by atoms with Crippen LogP contribution in [-0.4, -0.2) is 19.9 Å². The summed E-state index contributed by atoms with van der Waals surface area (Å²) < 4.78 is 2.23. The highest BCUT2D eigenvalue weighted by Gasteiger charge is 2.11. The molecule has 5 heteroatoms. The van der Waals surface area contributed by atoms with E-state index in [9.17, 15) is 5.11 Å². The molecule has 0 saturated heterocycles. The van der Waals surface area contributed by atoms with Crippen molar-refractivity contribution in [3.63, 3.8) is 0 Å². The van der Waals surface area contributed by atoms with Gasteiger partial charge in [0.05, 0.1) is 5.69 Å². The van der Waals surface area contributed by atoms with Gasteiger partial charge in [-0.25, -0.2) is 0 Å². The molecule has 0 atom stereocenters. The van der Waals surface area contributed by atoms with Gasteiger partial charge < -0.3 is 5.11 Å². The van der Waals surface area contributed by atoms with E-state index in [0.717, 1.165) is 16.8 Å². The second kappa shape index (κ2) is 5.40. The number of para-hydroxylation sites is 1. The van der Waals surface area contributed by atoms with Crippen molar-refractivity contribution in [1.29, 1.82) is 0 Å². The summed E-state index contributed by atoms with van der Waals surface area (Å²) in [5.41, 5.74) is 3.04. The first-order chi connectivity index (χ1) is 9.81. The lowest BCUT2D eigenvalue weighted by Crippen LogP contribution is -2.03. The molecule has 0 bridgehead atoms. The van der Waals surface area contributed by atoms with Crippen LogP contribution in [0.3, 0.4) is 0 Å². The Morgan fingerprint density at radius 1 is 1.05 bits per heavy atom. The molecule has 3 aromatic rings. The van der Waals surface area contributed by atoms with Crippen molar-refractivity contribution in [3.05, 3.63) is 65.2 Å². The van der Waals surface area contributed by atoms with Crippen molar-refractivity contribution >= 4 is 12.2 Å². The van der Waals surface area contributed by atoms with Crippen molar-refractivity contribution in [2.75, 3.05) is 0 Å². The molecule has 0 saturated carbocycles. The van der Waals surface area contributed by atoms with Gasteiger partial charge in [0.25, 0.3) is 0 Å². The van der Waals surface area contributed by atoms with Crippen LogP contribution < -0.4 is 0 Å². The molecule has 1 aromatic heterocycles. The Hall–Kier alpha value is -2.24. The molecule has 2 N–H and O–H groups in total. The van der Waals surface area contributed by atoms with Crippen LogP contribution in [-0.2, 0) is 6.61 Å². The molecule has 0 aliphatic rings. The highest BCUT2D eigenvalue weighted by atomic mass is 32.1. The highest BCUT2D eigenvalue weighted by molar-refractivity contribution is 7.71. The number of H-pyrrole nitrogens is 1. The van der Waals surface area contributed by atoms with E-state index >= 15 is 0 Å². The summed E-state index contributed by atoms with van der Waals surface area (Å²) in [6, 6.07) is 18.0. The number of aliphatic hydroxyl groups is 1. The Balaban J connectivity index is 2.26. The van der Waals surface area contributed by atoms with Gasteiger partial charge in [-0.3, -0.25) is 9.67 Å². The molecule has 4 nitrogen and oxygen atoms in total. The first-order valence-corrected chi connectivity index (χ1v) is 6.64. The zero-order chi connectivity index (χ0) is 13.9. The predicted molar refractivity (Wildman–Crippen MR) is 80.1 cm³/mol. The monoisotopic (exact) mass is 283 g/mol. The molecule has 0 aliphatic carbocycles. The number of aromatic nitrogens is 3. The molecule has 1 heterocycles. The summed E-state index contributed by atoms with van der Waals surface area (Å²) in [6.07, 6.45) is 0. The van der Waals surface area contributed by atoms with Crippen LogP contribution in [0.5, 0.6) is 0 Å². The van der Waals surface area contributed by atoms with E-state index < -0.39 is 0 Å². The van der Waals surface area contributed by atoms with Gasteiger partial charge in [-0.05, 0) is 23.8 Å². The second-order valence-corrected chi connectivity index (χ2v) is 4.71. The van der Waals surface area contributed by atoms with Gasteiger partial charge in [0.1, 0.15) is 6.61 Å². The third-order valence-electron chi connectivity index (χ3n) is 3.11. The Kier molecular flexibility index (Phi) is 3.45. The van der Waals surface area contributed by atoms with Crippen LogP contribution in [0.25, 0.3) is 16.8 Å². The topological polar surface area (TPSA) is 53.8 Å². The number of nitrogens with zero attached hydrogens (tertiary/aromatic N) is 2. The van der Waals surface area contributed by atoms with E-state index in [-0.39, 0.29) is 6.61 Å². The maximum absolute atomic E-state index is 9.40. The lowest BCUT2D eigenvalue weighted by Gasteiger charge is -2.11. The fourth-order valence-electron chi connectivity index (χ4n) is 2.21. The lowest BCUT2D eigenvalue weighted by atomic mass is 10.0. The van der Waals surface area contributed by atoms with Gasteiger partial charge in [0, 0.05) is 5.56 Å². The van der Waals surface area contributed by atoms with Gasteiger partial charge in [-0.15, -0.1) is 0 Å². The minimum atomic E-state index is -0.170. The van der Waals surface area contributed by atoms with Crippen molar-refractivity contribution in [2.24, 2.45) is 0 Å². The third-order valence-corrected chi connectivity index (χ3v) is 3.39. The van der Waals surface area contributed by atoms with Crippen molar-refractivity contribution in [2.45, 2.75) is 6.61 Å². The molecular formula is C15H13N3OS. The van der Waals surface area contributed by atoms with Crippen LogP contribution in [0.4, 0.5) is 0 Å². The largest absolute Gasteiger partial charge is 0.388 e. The van der Waals surface area contributed by atoms with Crippen molar-refractivity contribution in [3.8, 4) is 16.8 Å². The van der Waals surface area contributed by atoms with Crippen molar-refractivity contribution < 1.29 is 5.11 Å². The van der Waals surface area contributed by atoms with E-state index in [1.807, 2.05) is 54.6 Å². The van der Waals surface area contributed by atoms with Crippen LogP contribution in [0.1, 0.15) is 5.82 Å². The van der Waals surface area contributed by atoms with Gasteiger partial charge in [-0.1, -0.05) is 48.5 Å². The Labute approximate surface area is 121 Å². The molecule has 0 spiro atoms. The smallest absolute Gasteiger partial charge is 0.199 e. The maximum Gasteiger partial charge on any atom is 0.199 e. The van der Waals surface area contributed by atoms with Crippen molar-refractivity contribution in [1.82, 2.24) is 14.8 Å². The molecule has 3 rings (SSSR count). The number of benzene rings is 2. The van der Waals surface area contributed by atoms with Gasteiger partial charge in [0.2, 0.25) is 0 Å². The minimum Gasteiger partial charge on any atom is -0.388 e. The SMILES string of the molecule is OCc1n[nH]c(=S)n1-c1ccccc1-c1ccccc1. The Bertz CT molecular complexity index is 777. The van der Waals surface area contributed by atoms with E-state index in [4.69, 9.17) is 12.2 Å². The number of hydrogen-bond acceptors (Lipinski definition) is 3. The fraction of sp³-hybridized carbons (Fsp3) is 0.0667. The summed E-state index contributed by atoms with van der Waals surface area (Å²) >= 11 is 5.26. The maximum atomic E-state index is 9.40. The van der Waals surface area contributed by atoms with E-state index in [2.05, 4.69) is 10.2 Å². The van der Waals surface area contributed by atoms with Crippen LogP contribution in [0.15, 0.2) is 54.6 Å². The van der Waals surface area contributed by atoms with Crippen LogP contribution in [0.2, 0.25) is 0 Å². The van der Waals surface area contributed by atoms with Crippen LogP contribution >= 0.6 is 12.2 Å². The Morgan fingerprint density at radius 2 is 1.75 bits per heavy atom. The van der Waals surface area contributed by atoms with Gasteiger partial charge >= 0.3 is 0 Å². The minimum absolute atomic E-state index is 0.170. The summed E-state index contributed by atoms with van der Waals surface area (Å²) in [4.78, 5) is 0. The summed E-state index contributed by atoms with van der Waals surface area (Å²) in [6.45, 7) is -0.170. The first-order valence-electron chi connectivity index (χ1n) is 6.23. The molecular weight excluding hydrogens is 270 g/mol. The zero-order valence-electron chi connectivity index (χ0n) is 10.7. The molecule has 2 aromatic carbocycles. The standard InChI is InChI=1S/C15H13N3OS/c19-10-14-16-17-15(20)18(14)13-9-5-4-8-12(13)11-6-2-1-3-7-11/h1-9,19H,10H2,(H,17,20). The number of rotatable bonds is 3. The summed E-state index contributed by atoms with van der Waals surface area (Å²) in [5.74, 6) is 0.499. The quantitative estimate of drug-likeness (QED) is 0.726. The molecule has 0 fully saturated rings. The summed E-state index contributed by atoms with van der Waals surface area (Å²) in [5, 5.41) is 16.2.